The summed E-state index contributed by atoms with van der Waals surface area (Å²) in [5.41, 5.74) is 1.41. The van der Waals surface area contributed by atoms with Gasteiger partial charge >= 0.3 is 0 Å². The zero-order chi connectivity index (χ0) is 24.1. The summed E-state index contributed by atoms with van der Waals surface area (Å²) in [5, 5.41) is 6.45. The standard InChI is InChI=1S/C26H30ClN3O4/c1-34-23-10-7-19(27)16-21(23)26(33)30-13-11-18(12-14-30)24(31)29-22(25(32)28-20-8-9-20)15-17-5-3-2-4-6-17/h2-7,10,16,18,20,22H,8-9,11-15H2,1H3,(H,28,32)(H,29,31). The van der Waals surface area contributed by atoms with Gasteiger partial charge in [-0.1, -0.05) is 41.9 Å². The van der Waals surface area contributed by atoms with Crippen LogP contribution in [0.25, 0.3) is 0 Å². The van der Waals surface area contributed by atoms with Crippen molar-refractivity contribution >= 4 is 29.3 Å². The Balaban J connectivity index is 1.36. The molecule has 1 atom stereocenters. The summed E-state index contributed by atoms with van der Waals surface area (Å²) in [6, 6.07) is 14.3. The third-order valence-electron chi connectivity index (χ3n) is 6.38. The Morgan fingerprint density at radius 3 is 2.41 bits per heavy atom. The van der Waals surface area contributed by atoms with E-state index in [1.54, 1.807) is 23.1 Å². The van der Waals surface area contributed by atoms with Crippen LogP contribution in [0.1, 0.15) is 41.6 Å². The van der Waals surface area contributed by atoms with E-state index in [0.29, 0.717) is 48.7 Å². The Labute approximate surface area is 204 Å². The molecule has 0 bridgehead atoms. The van der Waals surface area contributed by atoms with Crippen LogP contribution in [0.2, 0.25) is 5.02 Å². The molecule has 2 aromatic carbocycles. The molecule has 2 fully saturated rings. The van der Waals surface area contributed by atoms with Crippen molar-refractivity contribution in [1.29, 1.82) is 0 Å². The van der Waals surface area contributed by atoms with Gasteiger partial charge in [-0.25, -0.2) is 0 Å². The van der Waals surface area contributed by atoms with Crippen molar-refractivity contribution in [2.75, 3.05) is 20.2 Å². The number of carbonyl (C=O) groups is 3. The first-order valence-electron chi connectivity index (χ1n) is 11.7. The molecule has 1 aliphatic carbocycles. The molecule has 180 valence electrons. The van der Waals surface area contributed by atoms with Gasteiger partial charge in [-0.3, -0.25) is 14.4 Å². The number of hydrogen-bond donors (Lipinski definition) is 2. The van der Waals surface area contributed by atoms with Crippen molar-refractivity contribution in [1.82, 2.24) is 15.5 Å². The smallest absolute Gasteiger partial charge is 0.257 e. The van der Waals surface area contributed by atoms with Crippen LogP contribution in [0.4, 0.5) is 0 Å². The molecule has 1 saturated heterocycles. The number of ether oxygens (including phenoxy) is 1. The minimum Gasteiger partial charge on any atom is -0.496 e. The molecule has 2 aromatic rings. The van der Waals surface area contributed by atoms with Crippen LogP contribution in [-0.4, -0.2) is 54.9 Å². The maximum Gasteiger partial charge on any atom is 0.257 e. The third-order valence-corrected chi connectivity index (χ3v) is 6.62. The number of amides is 3. The average Bonchev–Trinajstić information content (AvgIpc) is 3.68. The lowest BCUT2D eigenvalue weighted by atomic mass is 9.94. The van der Waals surface area contributed by atoms with Crippen molar-refractivity contribution in [2.45, 2.75) is 44.2 Å². The van der Waals surface area contributed by atoms with E-state index >= 15 is 0 Å². The molecule has 1 heterocycles. The highest BCUT2D eigenvalue weighted by atomic mass is 35.5. The Morgan fingerprint density at radius 2 is 1.76 bits per heavy atom. The van der Waals surface area contributed by atoms with Crippen molar-refractivity contribution in [3.05, 3.63) is 64.7 Å². The predicted octanol–water partition coefficient (Wildman–Crippen LogP) is 3.21. The van der Waals surface area contributed by atoms with Crippen LogP contribution in [0.15, 0.2) is 48.5 Å². The quantitative estimate of drug-likeness (QED) is 0.603. The molecule has 1 saturated carbocycles. The lowest BCUT2D eigenvalue weighted by Crippen LogP contribution is -2.51. The Bertz CT molecular complexity index is 1030. The van der Waals surface area contributed by atoms with Crippen LogP contribution < -0.4 is 15.4 Å². The largest absolute Gasteiger partial charge is 0.496 e. The summed E-state index contributed by atoms with van der Waals surface area (Å²) >= 11 is 6.08. The van der Waals surface area contributed by atoms with Gasteiger partial charge < -0.3 is 20.3 Å². The molecule has 1 aliphatic heterocycles. The molecule has 8 heteroatoms. The summed E-state index contributed by atoms with van der Waals surface area (Å²) in [6.07, 6.45) is 3.48. The van der Waals surface area contributed by atoms with Crippen molar-refractivity contribution in [3.8, 4) is 5.75 Å². The molecule has 4 rings (SSSR count). The fraction of sp³-hybridized carbons (Fsp3) is 0.423. The number of carbonyl (C=O) groups excluding carboxylic acids is 3. The summed E-state index contributed by atoms with van der Waals surface area (Å²) in [7, 11) is 1.52. The first-order valence-corrected chi connectivity index (χ1v) is 12.1. The van der Waals surface area contributed by atoms with E-state index in [0.717, 1.165) is 18.4 Å². The second-order valence-electron chi connectivity index (χ2n) is 8.94. The highest BCUT2D eigenvalue weighted by molar-refractivity contribution is 6.31. The van der Waals surface area contributed by atoms with Crippen molar-refractivity contribution < 1.29 is 19.1 Å². The number of benzene rings is 2. The zero-order valence-corrected chi connectivity index (χ0v) is 20.0. The maximum atomic E-state index is 13.1. The fourth-order valence-electron chi connectivity index (χ4n) is 4.24. The third kappa shape index (κ3) is 6.08. The lowest BCUT2D eigenvalue weighted by Gasteiger charge is -2.32. The molecule has 3 amide bonds. The van der Waals surface area contributed by atoms with Gasteiger partial charge in [0, 0.05) is 36.5 Å². The molecule has 34 heavy (non-hydrogen) atoms. The SMILES string of the molecule is COc1ccc(Cl)cc1C(=O)N1CCC(C(=O)NC(Cc2ccccc2)C(=O)NC2CC2)CC1. The van der Waals surface area contributed by atoms with Gasteiger partial charge in [0.1, 0.15) is 11.8 Å². The summed E-state index contributed by atoms with van der Waals surface area (Å²) in [4.78, 5) is 40.6. The lowest BCUT2D eigenvalue weighted by molar-refractivity contribution is -0.132. The number of nitrogens with one attached hydrogen (secondary N) is 2. The van der Waals surface area contributed by atoms with Gasteiger partial charge in [0.2, 0.25) is 11.8 Å². The second kappa shape index (κ2) is 10.9. The molecule has 2 N–H and O–H groups in total. The number of hydrogen-bond acceptors (Lipinski definition) is 4. The van der Waals surface area contributed by atoms with Gasteiger partial charge in [0.25, 0.3) is 5.91 Å². The summed E-state index contributed by atoms with van der Waals surface area (Å²) in [5.74, 6) is -0.222. The maximum absolute atomic E-state index is 13.1. The van der Waals surface area contributed by atoms with Crippen molar-refractivity contribution in [3.63, 3.8) is 0 Å². The Kier molecular flexibility index (Phi) is 7.73. The van der Waals surface area contributed by atoms with Gasteiger partial charge in [0.15, 0.2) is 0 Å². The number of piperidine rings is 1. The minimum atomic E-state index is -0.620. The number of likely N-dealkylation sites (tertiary alicyclic amines) is 1. The normalized spacial score (nSPS) is 17.1. The van der Waals surface area contributed by atoms with E-state index in [9.17, 15) is 14.4 Å². The van der Waals surface area contributed by atoms with Crippen LogP contribution in [-0.2, 0) is 16.0 Å². The monoisotopic (exact) mass is 483 g/mol. The highest BCUT2D eigenvalue weighted by Gasteiger charge is 2.33. The van der Waals surface area contributed by atoms with Gasteiger partial charge in [-0.05, 0) is 49.4 Å². The Hall–Kier alpha value is -3.06. The second-order valence-corrected chi connectivity index (χ2v) is 9.38. The van der Waals surface area contributed by atoms with E-state index in [4.69, 9.17) is 16.3 Å². The fourth-order valence-corrected chi connectivity index (χ4v) is 4.41. The number of halogens is 1. The van der Waals surface area contributed by atoms with Gasteiger partial charge in [0.05, 0.1) is 12.7 Å². The molecule has 0 spiro atoms. The summed E-state index contributed by atoms with van der Waals surface area (Å²) < 4.78 is 5.31. The topological polar surface area (TPSA) is 87.7 Å². The van der Waals surface area contributed by atoms with E-state index in [1.165, 1.54) is 7.11 Å². The van der Waals surface area contributed by atoms with E-state index in [-0.39, 0.29) is 29.7 Å². The Morgan fingerprint density at radius 1 is 1.06 bits per heavy atom. The molecular weight excluding hydrogens is 454 g/mol. The summed E-state index contributed by atoms with van der Waals surface area (Å²) in [6.45, 7) is 0.897. The van der Waals surface area contributed by atoms with E-state index < -0.39 is 6.04 Å². The highest BCUT2D eigenvalue weighted by Crippen LogP contribution is 2.27. The number of rotatable bonds is 8. The van der Waals surface area contributed by atoms with E-state index in [1.807, 2.05) is 30.3 Å². The predicted molar refractivity (Wildman–Crippen MR) is 130 cm³/mol. The molecule has 7 nitrogen and oxygen atoms in total. The molecule has 0 aromatic heterocycles. The van der Waals surface area contributed by atoms with Crippen LogP contribution >= 0.6 is 11.6 Å². The van der Waals surface area contributed by atoms with Gasteiger partial charge in [-0.15, -0.1) is 0 Å². The van der Waals surface area contributed by atoms with Crippen LogP contribution in [0.5, 0.6) is 5.75 Å². The van der Waals surface area contributed by atoms with Gasteiger partial charge in [-0.2, -0.15) is 0 Å². The zero-order valence-electron chi connectivity index (χ0n) is 19.3. The molecular formula is C26H30ClN3O4. The number of methoxy groups -OCH3 is 1. The number of nitrogens with zero attached hydrogens (tertiary/aromatic N) is 1. The van der Waals surface area contributed by atoms with Crippen molar-refractivity contribution in [2.24, 2.45) is 5.92 Å². The molecule has 2 aliphatic rings. The minimum absolute atomic E-state index is 0.139. The van der Waals surface area contributed by atoms with Crippen LogP contribution in [0, 0.1) is 5.92 Å². The average molecular weight is 484 g/mol. The van der Waals surface area contributed by atoms with Crippen LogP contribution in [0.3, 0.4) is 0 Å². The molecule has 0 radical (unpaired) electrons. The first-order chi connectivity index (χ1) is 16.4. The van der Waals surface area contributed by atoms with E-state index in [2.05, 4.69) is 10.6 Å². The first kappa shape index (κ1) is 24.1. The molecule has 1 unspecified atom stereocenters.